The van der Waals surface area contributed by atoms with Crippen molar-refractivity contribution in [2.24, 2.45) is 0 Å². The second-order valence-corrected chi connectivity index (χ2v) is 4.51. The van der Waals surface area contributed by atoms with Crippen molar-refractivity contribution >= 4 is 11.6 Å². The SMILES string of the molecule is CCCOCC(=O)Nc1ccc2c(c1)CNCC2. The summed E-state index contributed by atoms with van der Waals surface area (Å²) in [4.78, 5) is 11.6. The molecule has 1 aliphatic heterocycles. The first-order valence-corrected chi connectivity index (χ1v) is 6.49. The predicted octanol–water partition coefficient (Wildman–Crippen LogP) is 1.70. The van der Waals surface area contributed by atoms with Crippen molar-refractivity contribution in [2.45, 2.75) is 26.3 Å². The fraction of sp³-hybridized carbons (Fsp3) is 0.500. The molecular weight excluding hydrogens is 228 g/mol. The molecule has 18 heavy (non-hydrogen) atoms. The van der Waals surface area contributed by atoms with Gasteiger partial charge in [0.1, 0.15) is 6.61 Å². The number of carbonyl (C=O) groups excluding carboxylic acids is 1. The van der Waals surface area contributed by atoms with Gasteiger partial charge in [0.2, 0.25) is 5.91 Å². The molecule has 0 radical (unpaired) electrons. The van der Waals surface area contributed by atoms with Crippen molar-refractivity contribution in [3.05, 3.63) is 29.3 Å². The molecule has 2 rings (SSSR count). The Morgan fingerprint density at radius 2 is 2.33 bits per heavy atom. The molecule has 0 spiro atoms. The van der Waals surface area contributed by atoms with E-state index >= 15 is 0 Å². The minimum atomic E-state index is -0.0906. The van der Waals surface area contributed by atoms with Crippen LogP contribution in [0.2, 0.25) is 0 Å². The quantitative estimate of drug-likeness (QED) is 0.780. The number of amides is 1. The first-order valence-electron chi connectivity index (χ1n) is 6.49. The minimum absolute atomic E-state index is 0.0906. The van der Waals surface area contributed by atoms with Crippen LogP contribution in [-0.2, 0) is 22.5 Å². The number of ether oxygens (including phenoxy) is 1. The number of fused-ring (bicyclic) bond motifs is 1. The molecule has 0 fully saturated rings. The Bertz CT molecular complexity index is 418. The van der Waals surface area contributed by atoms with Gasteiger partial charge in [0.05, 0.1) is 0 Å². The largest absolute Gasteiger partial charge is 0.372 e. The van der Waals surface area contributed by atoms with E-state index < -0.39 is 0 Å². The van der Waals surface area contributed by atoms with Crippen molar-refractivity contribution in [1.29, 1.82) is 0 Å². The van der Waals surface area contributed by atoms with Crippen LogP contribution >= 0.6 is 0 Å². The third-order valence-electron chi connectivity index (χ3n) is 2.96. The fourth-order valence-corrected chi connectivity index (χ4v) is 2.06. The summed E-state index contributed by atoms with van der Waals surface area (Å²) in [5.74, 6) is -0.0906. The summed E-state index contributed by atoms with van der Waals surface area (Å²) in [6.07, 6.45) is 1.99. The van der Waals surface area contributed by atoms with E-state index in [-0.39, 0.29) is 12.5 Å². The molecule has 4 heteroatoms. The second kappa shape index (κ2) is 6.52. The first-order chi connectivity index (χ1) is 8.79. The summed E-state index contributed by atoms with van der Waals surface area (Å²) in [6, 6.07) is 6.10. The highest BCUT2D eigenvalue weighted by Crippen LogP contribution is 2.18. The zero-order chi connectivity index (χ0) is 12.8. The monoisotopic (exact) mass is 248 g/mol. The molecule has 4 nitrogen and oxygen atoms in total. The Morgan fingerprint density at radius 1 is 1.44 bits per heavy atom. The van der Waals surface area contributed by atoms with Crippen molar-refractivity contribution in [3.8, 4) is 0 Å². The van der Waals surface area contributed by atoms with Gasteiger partial charge in [-0.25, -0.2) is 0 Å². The van der Waals surface area contributed by atoms with Crippen LogP contribution in [0.1, 0.15) is 24.5 Å². The highest BCUT2D eigenvalue weighted by molar-refractivity contribution is 5.91. The average Bonchev–Trinajstić information content (AvgIpc) is 2.39. The topological polar surface area (TPSA) is 50.4 Å². The average molecular weight is 248 g/mol. The summed E-state index contributed by atoms with van der Waals surface area (Å²) in [6.45, 7) is 4.69. The van der Waals surface area contributed by atoms with Crippen molar-refractivity contribution in [2.75, 3.05) is 25.1 Å². The predicted molar refractivity (Wildman–Crippen MR) is 71.6 cm³/mol. The lowest BCUT2D eigenvalue weighted by atomic mass is 10.0. The lowest BCUT2D eigenvalue weighted by Gasteiger charge is -2.18. The van der Waals surface area contributed by atoms with Gasteiger partial charge >= 0.3 is 0 Å². The van der Waals surface area contributed by atoms with E-state index in [0.29, 0.717) is 6.61 Å². The maximum Gasteiger partial charge on any atom is 0.250 e. The number of carbonyl (C=O) groups is 1. The van der Waals surface area contributed by atoms with E-state index in [2.05, 4.69) is 16.7 Å². The van der Waals surface area contributed by atoms with Crippen LogP contribution in [0, 0.1) is 0 Å². The molecule has 98 valence electrons. The lowest BCUT2D eigenvalue weighted by molar-refractivity contribution is -0.120. The Hall–Kier alpha value is -1.39. The third-order valence-corrected chi connectivity index (χ3v) is 2.96. The van der Waals surface area contributed by atoms with Gasteiger partial charge in [-0.3, -0.25) is 4.79 Å². The molecule has 0 unspecified atom stereocenters. The van der Waals surface area contributed by atoms with Crippen molar-refractivity contribution < 1.29 is 9.53 Å². The summed E-state index contributed by atoms with van der Waals surface area (Å²) in [5, 5.41) is 6.19. The number of anilines is 1. The molecule has 0 bridgehead atoms. The molecule has 1 amide bonds. The lowest BCUT2D eigenvalue weighted by Crippen LogP contribution is -2.24. The number of rotatable bonds is 5. The van der Waals surface area contributed by atoms with Gasteiger partial charge in [0.15, 0.2) is 0 Å². The van der Waals surface area contributed by atoms with Gasteiger partial charge < -0.3 is 15.4 Å². The molecule has 0 aromatic heterocycles. The molecule has 0 atom stereocenters. The zero-order valence-corrected chi connectivity index (χ0v) is 10.8. The van der Waals surface area contributed by atoms with Crippen LogP contribution in [0.25, 0.3) is 0 Å². The number of hydrogen-bond donors (Lipinski definition) is 2. The van der Waals surface area contributed by atoms with Crippen LogP contribution in [0.15, 0.2) is 18.2 Å². The summed E-state index contributed by atoms with van der Waals surface area (Å²) in [5.41, 5.74) is 3.49. The standard InChI is InChI=1S/C14H20N2O2/c1-2-7-18-10-14(17)16-13-4-3-11-5-6-15-9-12(11)8-13/h3-4,8,15H,2,5-7,9-10H2,1H3,(H,16,17). The molecule has 1 aromatic carbocycles. The zero-order valence-electron chi connectivity index (χ0n) is 10.8. The van der Waals surface area contributed by atoms with Crippen LogP contribution in [0.3, 0.4) is 0 Å². The maximum atomic E-state index is 11.6. The van der Waals surface area contributed by atoms with E-state index in [0.717, 1.165) is 31.6 Å². The maximum absolute atomic E-state index is 11.6. The minimum Gasteiger partial charge on any atom is -0.372 e. The smallest absolute Gasteiger partial charge is 0.250 e. The molecule has 1 aliphatic rings. The first kappa shape index (κ1) is 13.1. The van der Waals surface area contributed by atoms with E-state index in [1.54, 1.807) is 0 Å². The van der Waals surface area contributed by atoms with Gasteiger partial charge in [0.25, 0.3) is 0 Å². The second-order valence-electron chi connectivity index (χ2n) is 4.51. The van der Waals surface area contributed by atoms with E-state index in [4.69, 9.17) is 4.74 Å². The highest BCUT2D eigenvalue weighted by atomic mass is 16.5. The van der Waals surface area contributed by atoms with Crippen LogP contribution in [0.5, 0.6) is 0 Å². The Morgan fingerprint density at radius 3 is 3.17 bits per heavy atom. The van der Waals surface area contributed by atoms with Crippen LogP contribution < -0.4 is 10.6 Å². The Kier molecular flexibility index (Phi) is 4.73. The third kappa shape index (κ3) is 3.55. The molecule has 0 saturated carbocycles. The number of hydrogen-bond acceptors (Lipinski definition) is 3. The van der Waals surface area contributed by atoms with Gasteiger partial charge in [-0.1, -0.05) is 13.0 Å². The van der Waals surface area contributed by atoms with Crippen LogP contribution in [0.4, 0.5) is 5.69 Å². The molecule has 2 N–H and O–H groups in total. The van der Waals surface area contributed by atoms with Crippen molar-refractivity contribution in [3.63, 3.8) is 0 Å². The van der Waals surface area contributed by atoms with Gasteiger partial charge in [0, 0.05) is 18.8 Å². The van der Waals surface area contributed by atoms with E-state index in [9.17, 15) is 4.79 Å². The number of benzene rings is 1. The highest BCUT2D eigenvalue weighted by Gasteiger charge is 2.10. The van der Waals surface area contributed by atoms with E-state index in [1.165, 1.54) is 11.1 Å². The molecule has 0 aliphatic carbocycles. The van der Waals surface area contributed by atoms with Crippen LogP contribution in [-0.4, -0.2) is 25.7 Å². The summed E-state index contributed by atoms with van der Waals surface area (Å²) >= 11 is 0. The Labute approximate surface area is 108 Å². The van der Waals surface area contributed by atoms with Crippen molar-refractivity contribution in [1.82, 2.24) is 5.32 Å². The summed E-state index contributed by atoms with van der Waals surface area (Å²) in [7, 11) is 0. The van der Waals surface area contributed by atoms with Gasteiger partial charge in [-0.2, -0.15) is 0 Å². The van der Waals surface area contributed by atoms with Gasteiger partial charge in [-0.05, 0) is 42.6 Å². The molecular formula is C14H20N2O2. The summed E-state index contributed by atoms with van der Waals surface area (Å²) < 4.78 is 5.21. The molecule has 1 aromatic rings. The molecule has 1 heterocycles. The van der Waals surface area contributed by atoms with Gasteiger partial charge in [-0.15, -0.1) is 0 Å². The Balaban J connectivity index is 1.91. The fourth-order valence-electron chi connectivity index (χ4n) is 2.06. The molecule has 0 saturated heterocycles. The normalized spacial score (nSPS) is 14.1. The van der Waals surface area contributed by atoms with E-state index in [1.807, 2.05) is 19.1 Å². The number of nitrogens with one attached hydrogen (secondary N) is 2.